The Hall–Kier alpha value is -2.93. The molecule has 0 saturated heterocycles. The van der Waals surface area contributed by atoms with Crippen molar-refractivity contribution in [3.8, 4) is 5.75 Å². The Bertz CT molecular complexity index is 984. The molecule has 7 heteroatoms. The van der Waals surface area contributed by atoms with Gasteiger partial charge < -0.3 is 19.8 Å². The number of fused-ring (bicyclic) bond motifs is 1. The highest BCUT2D eigenvalue weighted by atomic mass is 32.2. The second-order valence-corrected chi connectivity index (χ2v) is 8.00. The Morgan fingerprint density at radius 1 is 1.10 bits per heavy atom. The van der Waals surface area contributed by atoms with Crippen molar-refractivity contribution in [1.82, 2.24) is 10.3 Å². The number of carbonyl (C=O) groups is 2. The smallest absolute Gasteiger partial charge is 0.328 e. The summed E-state index contributed by atoms with van der Waals surface area (Å²) in [7, 11) is 2.94. The summed E-state index contributed by atoms with van der Waals surface area (Å²) in [6.45, 7) is 1.81. The third-order valence-corrected chi connectivity index (χ3v) is 5.75. The van der Waals surface area contributed by atoms with E-state index in [1.54, 1.807) is 7.11 Å². The normalized spacial score (nSPS) is 12.9. The van der Waals surface area contributed by atoms with Crippen LogP contribution in [0.3, 0.4) is 0 Å². The first-order valence-electron chi connectivity index (χ1n) is 9.25. The number of methoxy groups -OCH3 is 2. The molecule has 0 fully saturated rings. The summed E-state index contributed by atoms with van der Waals surface area (Å²) in [5.74, 6) is 0.0716. The van der Waals surface area contributed by atoms with Crippen molar-refractivity contribution in [1.29, 1.82) is 0 Å². The van der Waals surface area contributed by atoms with Crippen LogP contribution in [0, 0.1) is 0 Å². The number of hydrogen-bond acceptors (Lipinski definition) is 5. The van der Waals surface area contributed by atoms with Gasteiger partial charge in [0, 0.05) is 28.4 Å². The van der Waals surface area contributed by atoms with Crippen molar-refractivity contribution < 1.29 is 19.1 Å². The third-order valence-electron chi connectivity index (χ3n) is 4.64. The average Bonchev–Trinajstić information content (AvgIpc) is 3.16. The van der Waals surface area contributed by atoms with Gasteiger partial charge in [-0.25, -0.2) is 4.79 Å². The van der Waals surface area contributed by atoms with Crippen LogP contribution in [0.1, 0.15) is 12.5 Å². The van der Waals surface area contributed by atoms with Crippen LogP contribution in [0.5, 0.6) is 5.75 Å². The molecule has 3 aromatic rings. The van der Waals surface area contributed by atoms with Crippen LogP contribution in [0.15, 0.2) is 59.6 Å². The van der Waals surface area contributed by atoms with Crippen molar-refractivity contribution in [2.24, 2.45) is 0 Å². The van der Waals surface area contributed by atoms with E-state index in [2.05, 4.69) is 10.3 Å². The molecule has 1 unspecified atom stereocenters. The van der Waals surface area contributed by atoms with Crippen LogP contribution in [0.25, 0.3) is 10.9 Å². The van der Waals surface area contributed by atoms with E-state index in [4.69, 9.17) is 9.47 Å². The van der Waals surface area contributed by atoms with Gasteiger partial charge in [-0.05, 0) is 42.8 Å². The lowest BCUT2D eigenvalue weighted by Crippen LogP contribution is -2.45. The topological polar surface area (TPSA) is 80.4 Å². The number of carbonyl (C=O) groups excluding carboxylic acids is 2. The number of ether oxygens (including phenoxy) is 2. The zero-order valence-electron chi connectivity index (χ0n) is 16.6. The fourth-order valence-corrected chi connectivity index (χ4v) is 3.93. The number of thioether (sulfide) groups is 1. The Kier molecular flexibility index (Phi) is 6.82. The molecule has 1 heterocycles. The summed E-state index contributed by atoms with van der Waals surface area (Å²) in [5.41, 5.74) is 1.94. The number of amides is 1. The molecule has 6 nitrogen and oxygen atoms in total. The third kappa shape index (κ3) is 5.12. The molecule has 0 aliphatic rings. The highest BCUT2D eigenvalue weighted by Gasteiger charge is 2.26. The molecule has 2 N–H and O–H groups in total. The molecule has 2 aromatic carbocycles. The second kappa shape index (κ2) is 9.52. The lowest BCUT2D eigenvalue weighted by atomic mass is 10.0. The quantitative estimate of drug-likeness (QED) is 0.437. The first-order chi connectivity index (χ1) is 14.0. The molecule has 0 radical (unpaired) electrons. The van der Waals surface area contributed by atoms with E-state index >= 15 is 0 Å². The molecule has 3 rings (SSSR count). The van der Waals surface area contributed by atoms with E-state index in [-0.39, 0.29) is 11.2 Å². The molecule has 0 saturated carbocycles. The van der Waals surface area contributed by atoms with Gasteiger partial charge in [0.1, 0.15) is 11.8 Å². The predicted molar refractivity (Wildman–Crippen MR) is 114 cm³/mol. The van der Waals surface area contributed by atoms with Crippen molar-refractivity contribution in [2.75, 3.05) is 14.2 Å². The summed E-state index contributed by atoms with van der Waals surface area (Å²) in [6, 6.07) is 14.6. The number of rotatable bonds is 8. The molecule has 1 amide bonds. The number of H-pyrrole nitrogens is 1. The Morgan fingerprint density at radius 2 is 1.83 bits per heavy atom. The Morgan fingerprint density at radius 3 is 2.52 bits per heavy atom. The molecule has 1 aromatic heterocycles. The van der Waals surface area contributed by atoms with Gasteiger partial charge in [0.15, 0.2) is 0 Å². The summed E-state index contributed by atoms with van der Waals surface area (Å²) < 4.78 is 10.1. The number of para-hydroxylation sites is 1. The van der Waals surface area contributed by atoms with Gasteiger partial charge in [-0.3, -0.25) is 4.79 Å². The minimum absolute atomic E-state index is 0.221. The molecule has 0 bridgehead atoms. The van der Waals surface area contributed by atoms with Gasteiger partial charge in [0.05, 0.1) is 19.5 Å². The number of aromatic nitrogens is 1. The van der Waals surface area contributed by atoms with Crippen molar-refractivity contribution in [3.63, 3.8) is 0 Å². The summed E-state index contributed by atoms with van der Waals surface area (Å²) in [5, 5.41) is 3.49. The summed E-state index contributed by atoms with van der Waals surface area (Å²) >= 11 is 1.42. The Balaban J connectivity index is 1.68. The molecule has 152 valence electrons. The first kappa shape index (κ1) is 20.8. The standard InChI is InChI=1S/C22H24N2O4S/c1-14(29-17-10-8-16(27-2)9-11-17)21(25)24-20(22(26)28-3)12-15-13-23-19-7-5-4-6-18(15)19/h4-11,13-14,20,23H,12H2,1-3H3,(H,24,25)/t14?,20-/m1/s1. The fraction of sp³-hybridized carbons (Fsp3) is 0.273. The predicted octanol–water partition coefficient (Wildman–Crippen LogP) is 3.56. The van der Waals surface area contributed by atoms with Crippen LogP contribution in [-0.4, -0.2) is 42.4 Å². The highest BCUT2D eigenvalue weighted by molar-refractivity contribution is 8.00. The first-order valence-corrected chi connectivity index (χ1v) is 10.1. The van der Waals surface area contributed by atoms with Crippen molar-refractivity contribution >= 4 is 34.5 Å². The number of benzene rings is 2. The van der Waals surface area contributed by atoms with E-state index in [9.17, 15) is 9.59 Å². The molecule has 29 heavy (non-hydrogen) atoms. The largest absolute Gasteiger partial charge is 0.497 e. The minimum atomic E-state index is -0.759. The maximum Gasteiger partial charge on any atom is 0.328 e. The van der Waals surface area contributed by atoms with Crippen LogP contribution in [0.2, 0.25) is 0 Å². The molecule has 0 aliphatic carbocycles. The van der Waals surface area contributed by atoms with E-state index < -0.39 is 12.0 Å². The molecule has 2 atom stereocenters. The van der Waals surface area contributed by atoms with Crippen LogP contribution >= 0.6 is 11.8 Å². The SMILES string of the molecule is COC(=O)[C@@H](Cc1c[nH]c2ccccc12)NC(=O)C(C)Sc1ccc(OC)cc1. The second-order valence-electron chi connectivity index (χ2n) is 6.58. The number of esters is 1. The van der Waals surface area contributed by atoms with E-state index in [1.165, 1.54) is 18.9 Å². The zero-order valence-corrected chi connectivity index (χ0v) is 17.4. The fourth-order valence-electron chi connectivity index (χ4n) is 3.06. The molecule has 0 spiro atoms. The summed E-state index contributed by atoms with van der Waals surface area (Å²) in [6.07, 6.45) is 2.21. The van der Waals surface area contributed by atoms with Crippen LogP contribution < -0.4 is 10.1 Å². The van der Waals surface area contributed by atoms with Crippen LogP contribution in [0.4, 0.5) is 0 Å². The van der Waals surface area contributed by atoms with E-state index in [1.807, 2.05) is 61.7 Å². The highest BCUT2D eigenvalue weighted by Crippen LogP contribution is 2.26. The molecular formula is C22H24N2O4S. The van der Waals surface area contributed by atoms with Crippen LogP contribution in [-0.2, 0) is 20.7 Å². The monoisotopic (exact) mass is 412 g/mol. The maximum atomic E-state index is 12.7. The molecular weight excluding hydrogens is 388 g/mol. The van der Waals surface area contributed by atoms with Gasteiger partial charge >= 0.3 is 5.97 Å². The lowest BCUT2D eigenvalue weighted by molar-refractivity contribution is -0.144. The van der Waals surface area contributed by atoms with Gasteiger partial charge in [-0.1, -0.05) is 18.2 Å². The lowest BCUT2D eigenvalue weighted by Gasteiger charge is -2.19. The van der Waals surface area contributed by atoms with Crippen molar-refractivity contribution in [2.45, 2.75) is 29.5 Å². The number of hydrogen-bond donors (Lipinski definition) is 2. The number of aromatic amines is 1. The van der Waals surface area contributed by atoms with E-state index in [0.717, 1.165) is 27.1 Å². The number of nitrogens with one attached hydrogen (secondary N) is 2. The van der Waals surface area contributed by atoms with Gasteiger partial charge in [0.25, 0.3) is 0 Å². The van der Waals surface area contributed by atoms with Gasteiger partial charge in [-0.2, -0.15) is 0 Å². The average molecular weight is 413 g/mol. The van der Waals surface area contributed by atoms with Crippen molar-refractivity contribution in [3.05, 3.63) is 60.3 Å². The Labute approximate surface area is 174 Å². The molecule has 0 aliphatic heterocycles. The van der Waals surface area contributed by atoms with Gasteiger partial charge in [-0.15, -0.1) is 11.8 Å². The minimum Gasteiger partial charge on any atom is -0.497 e. The zero-order chi connectivity index (χ0) is 20.8. The van der Waals surface area contributed by atoms with Gasteiger partial charge in [0.2, 0.25) is 5.91 Å². The summed E-state index contributed by atoms with van der Waals surface area (Å²) in [4.78, 5) is 29.1. The maximum absolute atomic E-state index is 12.7. The van der Waals surface area contributed by atoms with E-state index in [0.29, 0.717) is 6.42 Å².